The summed E-state index contributed by atoms with van der Waals surface area (Å²) in [5, 5.41) is 3.46. The molecule has 0 aromatic heterocycles. The summed E-state index contributed by atoms with van der Waals surface area (Å²) >= 11 is 0. The fourth-order valence-corrected chi connectivity index (χ4v) is 3.93. The largest absolute Gasteiger partial charge is 0.494 e. The van der Waals surface area contributed by atoms with Crippen molar-refractivity contribution < 1.29 is 9.53 Å². The summed E-state index contributed by atoms with van der Waals surface area (Å²) in [6.07, 6.45) is 7.98. The van der Waals surface area contributed by atoms with Gasteiger partial charge in [-0.1, -0.05) is 18.6 Å². The summed E-state index contributed by atoms with van der Waals surface area (Å²) in [6.45, 7) is 8.11. The van der Waals surface area contributed by atoms with Gasteiger partial charge in [-0.2, -0.15) is 0 Å². The third-order valence-electron chi connectivity index (χ3n) is 5.54. The number of benzene rings is 1. The molecule has 2 aliphatic rings. The average molecular weight is 374 g/mol. The van der Waals surface area contributed by atoms with Crippen LogP contribution in [-0.2, 0) is 11.3 Å². The maximum absolute atomic E-state index is 11.6. The van der Waals surface area contributed by atoms with Crippen LogP contribution >= 0.6 is 0 Å². The molecule has 2 fully saturated rings. The number of hydrogen-bond acceptors (Lipinski definition) is 4. The molecule has 0 unspecified atom stereocenters. The van der Waals surface area contributed by atoms with E-state index in [4.69, 9.17) is 4.74 Å². The summed E-state index contributed by atoms with van der Waals surface area (Å²) in [6, 6.07) is 8.41. The summed E-state index contributed by atoms with van der Waals surface area (Å²) in [5.41, 5.74) is 1.27. The topological polar surface area (TPSA) is 44.8 Å². The van der Waals surface area contributed by atoms with Gasteiger partial charge < -0.3 is 19.9 Å². The van der Waals surface area contributed by atoms with Gasteiger partial charge in [0.05, 0.1) is 6.61 Å². The van der Waals surface area contributed by atoms with E-state index in [0.717, 1.165) is 70.8 Å². The number of hydrogen-bond donors (Lipinski definition) is 1. The van der Waals surface area contributed by atoms with Crippen LogP contribution in [-0.4, -0.2) is 61.6 Å². The highest BCUT2D eigenvalue weighted by Crippen LogP contribution is 2.14. The number of likely N-dealkylation sites (tertiary alicyclic amines) is 2. The summed E-state index contributed by atoms with van der Waals surface area (Å²) < 4.78 is 5.88. The number of nitrogens with zero attached hydrogens (tertiary/aromatic N) is 2. The van der Waals surface area contributed by atoms with Crippen molar-refractivity contribution in [3.8, 4) is 5.75 Å². The van der Waals surface area contributed by atoms with Gasteiger partial charge in [-0.05, 0) is 69.4 Å². The van der Waals surface area contributed by atoms with E-state index in [9.17, 15) is 4.79 Å². The molecule has 1 aromatic rings. The normalized spacial score (nSPS) is 18.2. The Bertz CT molecular complexity index is 555. The lowest BCUT2D eigenvalue weighted by Gasteiger charge is -2.26. The van der Waals surface area contributed by atoms with Crippen molar-refractivity contribution >= 4 is 5.91 Å². The Morgan fingerprint density at radius 1 is 0.926 bits per heavy atom. The molecule has 0 atom stereocenters. The zero-order valence-electron chi connectivity index (χ0n) is 16.6. The van der Waals surface area contributed by atoms with Crippen LogP contribution < -0.4 is 10.1 Å². The number of ether oxygens (including phenoxy) is 1. The standard InChI is InChI=1S/C22H35N3O2/c26-22-7-4-16-25(22)17-5-12-23-19-20-8-10-21(11-9-20)27-18-6-15-24-13-2-1-3-14-24/h8-11,23H,1-7,12-19H2. The molecular weight excluding hydrogens is 338 g/mol. The van der Waals surface area contributed by atoms with E-state index in [2.05, 4.69) is 34.5 Å². The van der Waals surface area contributed by atoms with E-state index in [-0.39, 0.29) is 0 Å². The second kappa shape index (κ2) is 11.3. The molecule has 1 aromatic carbocycles. The Hall–Kier alpha value is -1.59. The van der Waals surface area contributed by atoms with Crippen LogP contribution in [0.1, 0.15) is 50.5 Å². The molecule has 1 N–H and O–H groups in total. The van der Waals surface area contributed by atoms with Gasteiger partial charge in [0.2, 0.25) is 5.91 Å². The molecule has 5 heteroatoms. The Morgan fingerprint density at radius 2 is 1.74 bits per heavy atom. The van der Waals surface area contributed by atoms with Crippen molar-refractivity contribution in [2.75, 3.05) is 45.9 Å². The van der Waals surface area contributed by atoms with Gasteiger partial charge in [-0.3, -0.25) is 4.79 Å². The molecule has 0 radical (unpaired) electrons. The van der Waals surface area contributed by atoms with Gasteiger partial charge in [0.25, 0.3) is 0 Å². The van der Waals surface area contributed by atoms with Gasteiger partial charge in [-0.25, -0.2) is 0 Å². The van der Waals surface area contributed by atoms with Gasteiger partial charge in [-0.15, -0.1) is 0 Å². The zero-order valence-corrected chi connectivity index (χ0v) is 16.6. The van der Waals surface area contributed by atoms with Gasteiger partial charge >= 0.3 is 0 Å². The molecule has 2 heterocycles. The zero-order chi connectivity index (χ0) is 18.7. The van der Waals surface area contributed by atoms with Crippen molar-refractivity contribution in [1.29, 1.82) is 0 Å². The lowest BCUT2D eigenvalue weighted by molar-refractivity contribution is -0.127. The first-order valence-electron chi connectivity index (χ1n) is 10.7. The van der Waals surface area contributed by atoms with Crippen LogP contribution in [0, 0.1) is 0 Å². The minimum atomic E-state index is 0.321. The lowest BCUT2D eigenvalue weighted by atomic mass is 10.1. The highest BCUT2D eigenvalue weighted by molar-refractivity contribution is 5.77. The van der Waals surface area contributed by atoms with Crippen LogP contribution in [0.5, 0.6) is 5.75 Å². The molecule has 0 aliphatic carbocycles. The molecule has 0 spiro atoms. The van der Waals surface area contributed by atoms with E-state index < -0.39 is 0 Å². The highest BCUT2D eigenvalue weighted by Gasteiger charge is 2.18. The molecule has 2 aliphatic heterocycles. The molecule has 2 saturated heterocycles. The van der Waals surface area contributed by atoms with E-state index in [1.165, 1.54) is 37.9 Å². The SMILES string of the molecule is O=C1CCCN1CCCNCc1ccc(OCCCN2CCCCC2)cc1. The molecule has 27 heavy (non-hydrogen) atoms. The van der Waals surface area contributed by atoms with E-state index in [1.54, 1.807) is 0 Å². The van der Waals surface area contributed by atoms with E-state index >= 15 is 0 Å². The molecule has 5 nitrogen and oxygen atoms in total. The van der Waals surface area contributed by atoms with Crippen molar-refractivity contribution in [3.05, 3.63) is 29.8 Å². The maximum Gasteiger partial charge on any atom is 0.222 e. The Kier molecular flexibility index (Phi) is 8.43. The smallest absolute Gasteiger partial charge is 0.222 e. The molecule has 3 rings (SSSR count). The van der Waals surface area contributed by atoms with Crippen molar-refractivity contribution in [2.24, 2.45) is 0 Å². The summed E-state index contributed by atoms with van der Waals surface area (Å²) in [4.78, 5) is 16.1. The van der Waals surface area contributed by atoms with Gasteiger partial charge in [0.1, 0.15) is 5.75 Å². The minimum Gasteiger partial charge on any atom is -0.494 e. The highest BCUT2D eigenvalue weighted by atomic mass is 16.5. The molecule has 0 saturated carbocycles. The van der Waals surface area contributed by atoms with Crippen LogP contribution in [0.2, 0.25) is 0 Å². The van der Waals surface area contributed by atoms with Crippen molar-refractivity contribution in [3.63, 3.8) is 0 Å². The molecule has 1 amide bonds. The molecule has 150 valence electrons. The predicted octanol–water partition coefficient (Wildman–Crippen LogP) is 3.04. The summed E-state index contributed by atoms with van der Waals surface area (Å²) in [7, 11) is 0. The van der Waals surface area contributed by atoms with Crippen LogP contribution in [0.25, 0.3) is 0 Å². The number of carbonyl (C=O) groups is 1. The number of nitrogens with one attached hydrogen (secondary N) is 1. The predicted molar refractivity (Wildman–Crippen MR) is 109 cm³/mol. The van der Waals surface area contributed by atoms with Crippen LogP contribution in [0.4, 0.5) is 0 Å². The van der Waals surface area contributed by atoms with Crippen LogP contribution in [0.15, 0.2) is 24.3 Å². The fraction of sp³-hybridized carbons (Fsp3) is 0.682. The first kappa shape index (κ1) is 20.2. The summed E-state index contributed by atoms with van der Waals surface area (Å²) in [5.74, 6) is 1.28. The van der Waals surface area contributed by atoms with Gasteiger partial charge in [0, 0.05) is 32.6 Å². The third-order valence-corrected chi connectivity index (χ3v) is 5.54. The Balaban J connectivity index is 1.23. The average Bonchev–Trinajstić information content (AvgIpc) is 3.12. The molecule has 0 bridgehead atoms. The second-order valence-corrected chi connectivity index (χ2v) is 7.76. The first-order chi connectivity index (χ1) is 13.3. The maximum atomic E-state index is 11.6. The first-order valence-corrected chi connectivity index (χ1v) is 10.7. The quantitative estimate of drug-likeness (QED) is 0.606. The van der Waals surface area contributed by atoms with E-state index in [0.29, 0.717) is 5.91 Å². The number of amides is 1. The second-order valence-electron chi connectivity index (χ2n) is 7.76. The minimum absolute atomic E-state index is 0.321. The number of piperidine rings is 1. The number of carbonyl (C=O) groups excluding carboxylic acids is 1. The van der Waals surface area contributed by atoms with E-state index in [1.807, 2.05) is 4.90 Å². The fourth-order valence-electron chi connectivity index (χ4n) is 3.93. The Labute approximate surface area is 164 Å². The van der Waals surface area contributed by atoms with Crippen molar-refractivity contribution in [2.45, 2.75) is 51.5 Å². The van der Waals surface area contributed by atoms with Gasteiger partial charge in [0.15, 0.2) is 0 Å². The number of rotatable bonds is 11. The third kappa shape index (κ3) is 7.15. The monoisotopic (exact) mass is 373 g/mol. The Morgan fingerprint density at radius 3 is 2.48 bits per heavy atom. The molecular formula is C22H35N3O2. The van der Waals surface area contributed by atoms with Crippen molar-refractivity contribution in [1.82, 2.24) is 15.1 Å². The lowest BCUT2D eigenvalue weighted by Crippen LogP contribution is -2.31. The van der Waals surface area contributed by atoms with Crippen LogP contribution in [0.3, 0.4) is 0 Å².